The van der Waals surface area contributed by atoms with Crippen molar-refractivity contribution in [2.45, 2.75) is 6.54 Å². The molecule has 0 atom stereocenters. The summed E-state index contributed by atoms with van der Waals surface area (Å²) in [6, 6.07) is 11.6. The van der Waals surface area contributed by atoms with Gasteiger partial charge in [0, 0.05) is 17.8 Å². The molecule has 6 heteroatoms. The third kappa shape index (κ3) is 4.44. The molecule has 2 N–H and O–H groups in total. The van der Waals surface area contributed by atoms with E-state index in [0.717, 1.165) is 11.3 Å². The maximum atomic E-state index is 13.0. The second-order valence-corrected chi connectivity index (χ2v) is 5.00. The van der Waals surface area contributed by atoms with Gasteiger partial charge in [0.1, 0.15) is 11.6 Å². The van der Waals surface area contributed by atoms with Gasteiger partial charge < -0.3 is 15.4 Å². The number of halogens is 2. The van der Waals surface area contributed by atoms with Crippen molar-refractivity contribution in [2.75, 3.05) is 19.0 Å². The van der Waals surface area contributed by atoms with E-state index in [0.29, 0.717) is 12.2 Å². The molecule has 0 fully saturated rings. The number of nitrogens with one attached hydrogen (secondary N) is 2. The molecular formula is C16H16ClFN2O2. The number of benzene rings is 2. The van der Waals surface area contributed by atoms with E-state index in [2.05, 4.69) is 10.6 Å². The molecule has 1 amide bonds. The average Bonchev–Trinajstić information content (AvgIpc) is 2.51. The number of hydrogen-bond donors (Lipinski definition) is 2. The van der Waals surface area contributed by atoms with Crippen molar-refractivity contribution < 1.29 is 13.9 Å². The van der Waals surface area contributed by atoms with Crippen LogP contribution in [0.25, 0.3) is 0 Å². The summed E-state index contributed by atoms with van der Waals surface area (Å²) < 4.78 is 18.3. The van der Waals surface area contributed by atoms with Crippen molar-refractivity contribution in [1.29, 1.82) is 0 Å². The van der Waals surface area contributed by atoms with Gasteiger partial charge in [-0.3, -0.25) is 4.79 Å². The zero-order chi connectivity index (χ0) is 15.9. The predicted octanol–water partition coefficient (Wildman–Crippen LogP) is 3.22. The molecule has 0 unspecified atom stereocenters. The smallest absolute Gasteiger partial charge is 0.238 e. The normalized spacial score (nSPS) is 10.3. The molecule has 116 valence electrons. The topological polar surface area (TPSA) is 50.4 Å². The number of anilines is 1. The lowest BCUT2D eigenvalue weighted by Crippen LogP contribution is -2.27. The summed E-state index contributed by atoms with van der Waals surface area (Å²) in [6.07, 6.45) is 0. The Morgan fingerprint density at radius 1 is 1.27 bits per heavy atom. The summed E-state index contributed by atoms with van der Waals surface area (Å²) in [4.78, 5) is 11.8. The van der Waals surface area contributed by atoms with Crippen LogP contribution in [0.5, 0.6) is 5.75 Å². The van der Waals surface area contributed by atoms with Gasteiger partial charge in [0.15, 0.2) is 0 Å². The molecule has 2 rings (SSSR count). The Morgan fingerprint density at radius 3 is 2.77 bits per heavy atom. The van der Waals surface area contributed by atoms with Gasteiger partial charge >= 0.3 is 0 Å². The molecule has 0 aliphatic rings. The zero-order valence-corrected chi connectivity index (χ0v) is 12.8. The lowest BCUT2D eigenvalue weighted by atomic mass is 10.2. The van der Waals surface area contributed by atoms with E-state index in [4.69, 9.17) is 16.3 Å². The highest BCUT2D eigenvalue weighted by Crippen LogP contribution is 2.19. The van der Waals surface area contributed by atoms with Crippen LogP contribution in [0.3, 0.4) is 0 Å². The van der Waals surface area contributed by atoms with E-state index in [9.17, 15) is 9.18 Å². The Morgan fingerprint density at radius 2 is 2.05 bits per heavy atom. The molecule has 0 saturated carbocycles. The monoisotopic (exact) mass is 322 g/mol. The number of methoxy groups -OCH3 is 1. The van der Waals surface area contributed by atoms with Crippen LogP contribution in [0.1, 0.15) is 5.56 Å². The summed E-state index contributed by atoms with van der Waals surface area (Å²) in [5.74, 6) is 0.00672. The molecule has 4 nitrogen and oxygen atoms in total. The largest absolute Gasteiger partial charge is 0.496 e. The number of rotatable bonds is 6. The highest BCUT2D eigenvalue weighted by molar-refractivity contribution is 6.31. The molecule has 0 spiro atoms. The van der Waals surface area contributed by atoms with Crippen LogP contribution in [0, 0.1) is 5.82 Å². The van der Waals surface area contributed by atoms with Gasteiger partial charge in [-0.2, -0.15) is 0 Å². The number of carbonyl (C=O) groups is 1. The minimum atomic E-state index is -0.519. The van der Waals surface area contributed by atoms with Crippen LogP contribution in [0.2, 0.25) is 5.02 Å². The van der Waals surface area contributed by atoms with E-state index in [1.165, 1.54) is 18.2 Å². The lowest BCUT2D eigenvalue weighted by Gasteiger charge is -2.10. The molecule has 2 aromatic rings. The van der Waals surface area contributed by atoms with Crippen molar-refractivity contribution >= 4 is 23.2 Å². The summed E-state index contributed by atoms with van der Waals surface area (Å²) in [7, 11) is 1.60. The minimum Gasteiger partial charge on any atom is -0.496 e. The first-order valence-corrected chi connectivity index (χ1v) is 7.05. The van der Waals surface area contributed by atoms with Crippen molar-refractivity contribution in [3.63, 3.8) is 0 Å². The molecule has 0 aromatic heterocycles. The number of amides is 1. The van der Waals surface area contributed by atoms with Crippen molar-refractivity contribution in [2.24, 2.45) is 0 Å². The Hall–Kier alpha value is -2.11. The van der Waals surface area contributed by atoms with Crippen molar-refractivity contribution in [1.82, 2.24) is 5.32 Å². The van der Waals surface area contributed by atoms with E-state index in [1.54, 1.807) is 7.11 Å². The summed E-state index contributed by atoms with van der Waals surface area (Å²) in [6.45, 7) is 0.620. The quantitative estimate of drug-likeness (QED) is 0.858. The van der Waals surface area contributed by atoms with Crippen LogP contribution < -0.4 is 15.4 Å². The standard InChI is InChI=1S/C16H16ClFN2O2/c1-22-15-5-3-2-4-11(15)9-19-10-16(21)20-12-6-7-14(18)13(17)8-12/h2-8,19H,9-10H2,1H3,(H,20,21). The maximum absolute atomic E-state index is 13.0. The highest BCUT2D eigenvalue weighted by atomic mass is 35.5. The van der Waals surface area contributed by atoms with Crippen LogP contribution in [-0.4, -0.2) is 19.6 Å². The van der Waals surface area contributed by atoms with Crippen LogP contribution >= 0.6 is 11.6 Å². The van der Waals surface area contributed by atoms with E-state index < -0.39 is 5.82 Å². The second-order valence-electron chi connectivity index (χ2n) is 4.59. The molecule has 0 aliphatic carbocycles. The van der Waals surface area contributed by atoms with E-state index >= 15 is 0 Å². The molecule has 22 heavy (non-hydrogen) atoms. The van der Waals surface area contributed by atoms with Crippen LogP contribution in [0.15, 0.2) is 42.5 Å². The van der Waals surface area contributed by atoms with Gasteiger partial charge in [0.2, 0.25) is 5.91 Å². The Bertz CT molecular complexity index is 664. The molecule has 0 heterocycles. The SMILES string of the molecule is COc1ccccc1CNCC(=O)Nc1ccc(F)c(Cl)c1. The lowest BCUT2D eigenvalue weighted by molar-refractivity contribution is -0.115. The first kappa shape index (κ1) is 16.3. The van der Waals surface area contributed by atoms with Gasteiger partial charge in [-0.05, 0) is 24.3 Å². The Balaban J connectivity index is 1.84. The zero-order valence-electron chi connectivity index (χ0n) is 12.0. The summed E-state index contributed by atoms with van der Waals surface area (Å²) in [5, 5.41) is 5.64. The summed E-state index contributed by atoms with van der Waals surface area (Å²) in [5.41, 5.74) is 1.41. The van der Waals surface area contributed by atoms with E-state index in [-0.39, 0.29) is 17.5 Å². The molecular weight excluding hydrogens is 307 g/mol. The number of ether oxygens (including phenoxy) is 1. The fourth-order valence-electron chi connectivity index (χ4n) is 1.94. The second kappa shape index (κ2) is 7.77. The van der Waals surface area contributed by atoms with Crippen molar-refractivity contribution in [3.8, 4) is 5.75 Å². The molecule has 0 saturated heterocycles. The molecule has 2 aromatic carbocycles. The fourth-order valence-corrected chi connectivity index (χ4v) is 2.12. The number of para-hydroxylation sites is 1. The fraction of sp³-hybridized carbons (Fsp3) is 0.188. The molecule has 0 bridgehead atoms. The molecule has 0 radical (unpaired) electrons. The van der Waals surface area contributed by atoms with Gasteiger partial charge in [-0.1, -0.05) is 29.8 Å². The van der Waals surface area contributed by atoms with Crippen LogP contribution in [0.4, 0.5) is 10.1 Å². The number of carbonyl (C=O) groups excluding carboxylic acids is 1. The van der Waals surface area contributed by atoms with Gasteiger partial charge in [0.05, 0.1) is 18.7 Å². The van der Waals surface area contributed by atoms with Crippen LogP contribution in [-0.2, 0) is 11.3 Å². The third-order valence-electron chi connectivity index (χ3n) is 3.00. The van der Waals surface area contributed by atoms with Crippen molar-refractivity contribution in [3.05, 3.63) is 58.9 Å². The van der Waals surface area contributed by atoms with E-state index in [1.807, 2.05) is 24.3 Å². The average molecular weight is 323 g/mol. The highest BCUT2D eigenvalue weighted by Gasteiger charge is 2.06. The Kier molecular flexibility index (Phi) is 5.75. The first-order chi connectivity index (χ1) is 10.6. The molecule has 0 aliphatic heterocycles. The third-order valence-corrected chi connectivity index (χ3v) is 3.29. The predicted molar refractivity (Wildman–Crippen MR) is 84.7 cm³/mol. The maximum Gasteiger partial charge on any atom is 0.238 e. The first-order valence-electron chi connectivity index (χ1n) is 6.67. The minimum absolute atomic E-state index is 0.0280. The van der Waals surface area contributed by atoms with Gasteiger partial charge in [-0.25, -0.2) is 4.39 Å². The summed E-state index contributed by atoms with van der Waals surface area (Å²) >= 11 is 5.66. The number of hydrogen-bond acceptors (Lipinski definition) is 3. The van der Waals surface area contributed by atoms with Gasteiger partial charge in [0.25, 0.3) is 0 Å². The van der Waals surface area contributed by atoms with Gasteiger partial charge in [-0.15, -0.1) is 0 Å². The Labute approximate surface area is 133 Å².